The number of aromatic nitrogens is 2. The molecule has 0 radical (unpaired) electrons. The summed E-state index contributed by atoms with van der Waals surface area (Å²) in [6.45, 7) is 1.91. The number of aromatic amines is 1. The fraction of sp³-hybridized carbons (Fsp3) is 0.667. The average Bonchev–Trinajstić information content (AvgIpc) is 2.81. The Balaban J connectivity index is 1.83. The summed E-state index contributed by atoms with van der Waals surface area (Å²) in [6, 6.07) is 2.73. The summed E-state index contributed by atoms with van der Waals surface area (Å²) in [7, 11) is 0. The van der Waals surface area contributed by atoms with Gasteiger partial charge in [-0.25, -0.2) is 0 Å². The predicted octanol–water partition coefficient (Wildman–Crippen LogP) is 0.812. The minimum atomic E-state index is 0.0637. The van der Waals surface area contributed by atoms with Gasteiger partial charge in [0.1, 0.15) is 5.69 Å². The second-order valence-corrected chi connectivity index (χ2v) is 5.27. The van der Waals surface area contributed by atoms with Gasteiger partial charge in [-0.3, -0.25) is 9.89 Å². The third-order valence-corrected chi connectivity index (χ3v) is 3.93. The van der Waals surface area contributed by atoms with Crippen LogP contribution in [-0.2, 0) is 0 Å². The van der Waals surface area contributed by atoms with Gasteiger partial charge in [0.2, 0.25) is 0 Å². The summed E-state index contributed by atoms with van der Waals surface area (Å²) in [5.74, 6) is 0.0637. The van der Waals surface area contributed by atoms with E-state index in [1.54, 1.807) is 0 Å². The van der Waals surface area contributed by atoms with Gasteiger partial charge in [-0.05, 0) is 38.7 Å². The number of carbonyl (C=O) groups is 1. The largest absolute Gasteiger partial charge is 0.331 e. The Bertz CT molecular complexity index is 427. The minimum Gasteiger partial charge on any atom is -0.331 e. The van der Waals surface area contributed by atoms with Crippen LogP contribution in [0.25, 0.3) is 0 Å². The first kappa shape index (κ1) is 10.8. The Hall–Kier alpha value is -1.36. The number of piperidine rings is 1. The molecule has 2 bridgehead atoms. The third-order valence-electron chi connectivity index (χ3n) is 3.93. The zero-order valence-electron chi connectivity index (χ0n) is 10.0. The van der Waals surface area contributed by atoms with Crippen LogP contribution >= 0.6 is 0 Å². The summed E-state index contributed by atoms with van der Waals surface area (Å²) >= 11 is 0. The number of carbonyl (C=O) groups excluding carboxylic acids is 1. The lowest BCUT2D eigenvalue weighted by Gasteiger charge is -2.37. The van der Waals surface area contributed by atoms with Crippen LogP contribution in [0.5, 0.6) is 0 Å². The fourth-order valence-corrected chi connectivity index (χ4v) is 3.21. The predicted molar refractivity (Wildman–Crippen MR) is 63.5 cm³/mol. The molecule has 5 heteroatoms. The van der Waals surface area contributed by atoms with Crippen molar-refractivity contribution in [1.29, 1.82) is 0 Å². The molecule has 3 N–H and O–H groups in total. The number of H-pyrrole nitrogens is 1. The first-order valence-corrected chi connectivity index (χ1v) is 6.25. The van der Waals surface area contributed by atoms with Crippen molar-refractivity contribution in [3.8, 4) is 0 Å². The molecule has 2 unspecified atom stereocenters. The van der Waals surface area contributed by atoms with Gasteiger partial charge in [-0.15, -0.1) is 0 Å². The molecule has 2 saturated heterocycles. The van der Waals surface area contributed by atoms with E-state index >= 15 is 0 Å². The number of nitrogens with one attached hydrogen (secondary N) is 1. The Morgan fingerprint density at radius 2 is 2.12 bits per heavy atom. The van der Waals surface area contributed by atoms with E-state index < -0.39 is 0 Å². The summed E-state index contributed by atoms with van der Waals surface area (Å²) in [4.78, 5) is 14.4. The molecule has 0 saturated carbocycles. The van der Waals surface area contributed by atoms with Gasteiger partial charge in [0.05, 0.1) is 0 Å². The van der Waals surface area contributed by atoms with Gasteiger partial charge in [0.25, 0.3) is 5.91 Å². The molecule has 1 aromatic heterocycles. The number of hydrogen-bond acceptors (Lipinski definition) is 3. The van der Waals surface area contributed by atoms with E-state index in [2.05, 4.69) is 10.2 Å². The van der Waals surface area contributed by atoms with Crippen molar-refractivity contribution in [2.45, 2.75) is 50.7 Å². The van der Waals surface area contributed by atoms with Crippen molar-refractivity contribution in [3.63, 3.8) is 0 Å². The standard InChI is InChI=1S/C12H18N4O/c1-7-4-11(15-14-7)12(17)16-9-2-3-10(16)6-8(13)5-9/h4,8-10H,2-3,5-6,13H2,1H3,(H,14,15). The monoisotopic (exact) mass is 234 g/mol. The fourth-order valence-electron chi connectivity index (χ4n) is 3.21. The molecule has 2 aliphatic rings. The van der Waals surface area contributed by atoms with E-state index in [1.807, 2.05) is 17.9 Å². The molecule has 2 fully saturated rings. The van der Waals surface area contributed by atoms with Crippen LogP contribution in [0.15, 0.2) is 6.07 Å². The lowest BCUT2D eigenvalue weighted by atomic mass is 9.98. The minimum absolute atomic E-state index is 0.0637. The Kier molecular flexibility index (Phi) is 2.43. The van der Waals surface area contributed by atoms with E-state index in [4.69, 9.17) is 5.73 Å². The van der Waals surface area contributed by atoms with Crippen LogP contribution in [0.2, 0.25) is 0 Å². The topological polar surface area (TPSA) is 75.0 Å². The van der Waals surface area contributed by atoms with Crippen molar-refractivity contribution in [3.05, 3.63) is 17.5 Å². The van der Waals surface area contributed by atoms with Gasteiger partial charge in [-0.1, -0.05) is 0 Å². The van der Waals surface area contributed by atoms with Gasteiger partial charge in [-0.2, -0.15) is 5.10 Å². The maximum Gasteiger partial charge on any atom is 0.274 e. The van der Waals surface area contributed by atoms with E-state index in [0.717, 1.165) is 31.4 Å². The van der Waals surface area contributed by atoms with Gasteiger partial charge in [0.15, 0.2) is 0 Å². The van der Waals surface area contributed by atoms with Gasteiger partial charge >= 0.3 is 0 Å². The highest BCUT2D eigenvalue weighted by Crippen LogP contribution is 2.35. The summed E-state index contributed by atoms with van der Waals surface area (Å²) < 4.78 is 0. The second-order valence-electron chi connectivity index (χ2n) is 5.27. The van der Waals surface area contributed by atoms with Gasteiger partial charge in [0, 0.05) is 23.8 Å². The molecule has 3 rings (SSSR count). The Morgan fingerprint density at radius 1 is 1.47 bits per heavy atom. The summed E-state index contributed by atoms with van der Waals surface area (Å²) in [5.41, 5.74) is 7.46. The molecule has 17 heavy (non-hydrogen) atoms. The van der Waals surface area contributed by atoms with E-state index in [9.17, 15) is 4.79 Å². The molecular formula is C12H18N4O. The number of nitrogens with zero attached hydrogens (tertiary/aromatic N) is 2. The molecule has 1 aromatic rings. The van der Waals surface area contributed by atoms with Crippen molar-refractivity contribution in [2.24, 2.45) is 5.73 Å². The van der Waals surface area contributed by atoms with Crippen molar-refractivity contribution in [2.75, 3.05) is 0 Å². The lowest BCUT2D eigenvalue weighted by molar-refractivity contribution is 0.0569. The SMILES string of the molecule is Cc1cc(C(=O)N2C3CCC2CC(N)C3)n[nH]1. The van der Waals surface area contributed by atoms with E-state index in [-0.39, 0.29) is 11.9 Å². The Labute approximate surface area is 100 Å². The number of hydrogen-bond donors (Lipinski definition) is 2. The van der Waals surface area contributed by atoms with Crippen LogP contribution in [-0.4, -0.2) is 39.1 Å². The number of fused-ring (bicyclic) bond motifs is 2. The molecule has 5 nitrogen and oxygen atoms in total. The van der Waals surface area contributed by atoms with Crippen LogP contribution < -0.4 is 5.73 Å². The third kappa shape index (κ3) is 1.74. The van der Waals surface area contributed by atoms with E-state index in [0.29, 0.717) is 17.8 Å². The normalized spacial score (nSPS) is 31.9. The highest BCUT2D eigenvalue weighted by atomic mass is 16.2. The quantitative estimate of drug-likeness (QED) is 0.755. The zero-order valence-corrected chi connectivity index (χ0v) is 10.0. The molecule has 2 aliphatic heterocycles. The first-order valence-electron chi connectivity index (χ1n) is 6.25. The van der Waals surface area contributed by atoms with Crippen LogP contribution in [0.1, 0.15) is 41.9 Å². The van der Waals surface area contributed by atoms with E-state index in [1.165, 1.54) is 0 Å². The molecule has 92 valence electrons. The van der Waals surface area contributed by atoms with Crippen LogP contribution in [0, 0.1) is 6.92 Å². The molecule has 2 atom stereocenters. The molecule has 0 aromatic carbocycles. The second kappa shape index (κ2) is 3.84. The highest BCUT2D eigenvalue weighted by molar-refractivity contribution is 5.93. The van der Waals surface area contributed by atoms with Crippen LogP contribution in [0.3, 0.4) is 0 Å². The summed E-state index contributed by atoms with van der Waals surface area (Å²) in [5, 5.41) is 6.88. The van der Waals surface area contributed by atoms with Crippen LogP contribution in [0.4, 0.5) is 0 Å². The molecular weight excluding hydrogens is 216 g/mol. The number of nitrogens with two attached hydrogens (primary N) is 1. The highest BCUT2D eigenvalue weighted by Gasteiger charge is 2.42. The molecule has 0 spiro atoms. The van der Waals surface area contributed by atoms with Crippen molar-refractivity contribution < 1.29 is 4.79 Å². The lowest BCUT2D eigenvalue weighted by Crippen LogP contribution is -2.50. The number of aryl methyl sites for hydroxylation is 1. The Morgan fingerprint density at radius 3 is 2.65 bits per heavy atom. The maximum atomic E-state index is 12.4. The van der Waals surface area contributed by atoms with Gasteiger partial charge < -0.3 is 10.6 Å². The first-order chi connectivity index (χ1) is 8.15. The molecule has 1 amide bonds. The average molecular weight is 234 g/mol. The zero-order chi connectivity index (χ0) is 12.0. The van der Waals surface area contributed by atoms with Crippen molar-refractivity contribution >= 4 is 5.91 Å². The molecule has 0 aliphatic carbocycles. The number of rotatable bonds is 1. The smallest absolute Gasteiger partial charge is 0.274 e. The maximum absolute atomic E-state index is 12.4. The molecule has 3 heterocycles. The number of amides is 1. The summed E-state index contributed by atoms with van der Waals surface area (Å²) in [6.07, 6.45) is 4.05. The van der Waals surface area contributed by atoms with Crippen molar-refractivity contribution in [1.82, 2.24) is 15.1 Å².